The molecule has 5 N–H and O–H groups in total. The van der Waals surface area contributed by atoms with E-state index in [-0.39, 0.29) is 29.7 Å². The van der Waals surface area contributed by atoms with Gasteiger partial charge in [-0.3, -0.25) is 5.43 Å². The third kappa shape index (κ3) is 4.97. The maximum atomic E-state index is 11.8. The van der Waals surface area contributed by atoms with E-state index in [1.807, 2.05) is 0 Å². The second kappa shape index (κ2) is 6.90. The Morgan fingerprint density at radius 2 is 1.75 bits per heavy atom. The van der Waals surface area contributed by atoms with Crippen LogP contribution in [0.15, 0.2) is 17.3 Å². The molecule has 114 valence electrons. The number of sulfonamides is 2. The van der Waals surface area contributed by atoms with Crippen molar-refractivity contribution < 1.29 is 16.8 Å². The Labute approximate surface area is 117 Å². The second-order valence-electron chi connectivity index (χ2n) is 3.60. The molecule has 0 saturated heterocycles. The standard InChI is InChI=1S/C8H16N6O4S2/c1-2-12-19(15,16)4-3-13-20(17,18)7-5-10-8(14-9)11-6-7/h5-6,12-13H,2-4,9H2,1H3,(H,10,11,14). The molecule has 20 heavy (non-hydrogen) atoms. The average Bonchev–Trinajstić information content (AvgIpc) is 2.38. The van der Waals surface area contributed by atoms with Crippen LogP contribution in [0.4, 0.5) is 5.95 Å². The third-order valence-electron chi connectivity index (χ3n) is 2.09. The summed E-state index contributed by atoms with van der Waals surface area (Å²) in [7, 11) is -7.34. The van der Waals surface area contributed by atoms with Gasteiger partial charge in [0.25, 0.3) is 0 Å². The number of hydrogen-bond donors (Lipinski definition) is 4. The minimum Gasteiger partial charge on any atom is -0.292 e. The van der Waals surface area contributed by atoms with Crippen molar-refractivity contribution in [3.8, 4) is 0 Å². The molecule has 0 aromatic carbocycles. The van der Waals surface area contributed by atoms with Crippen LogP contribution in [0.2, 0.25) is 0 Å². The number of rotatable bonds is 8. The summed E-state index contributed by atoms with van der Waals surface area (Å²) in [5.41, 5.74) is 2.16. The smallest absolute Gasteiger partial charge is 0.243 e. The van der Waals surface area contributed by atoms with Gasteiger partial charge in [-0.1, -0.05) is 6.92 Å². The fourth-order valence-electron chi connectivity index (χ4n) is 1.22. The van der Waals surface area contributed by atoms with Gasteiger partial charge < -0.3 is 0 Å². The van der Waals surface area contributed by atoms with Crippen molar-refractivity contribution in [2.45, 2.75) is 11.8 Å². The summed E-state index contributed by atoms with van der Waals surface area (Å²) in [5, 5.41) is 0. The average molecular weight is 324 g/mol. The molecule has 0 amide bonds. The molecule has 1 heterocycles. The lowest BCUT2D eigenvalue weighted by molar-refractivity contribution is 0.576. The number of hydrogen-bond acceptors (Lipinski definition) is 8. The molecule has 0 saturated carbocycles. The molecular weight excluding hydrogens is 308 g/mol. The molecule has 12 heteroatoms. The van der Waals surface area contributed by atoms with Crippen LogP contribution in [-0.4, -0.2) is 45.6 Å². The van der Waals surface area contributed by atoms with E-state index in [4.69, 9.17) is 5.84 Å². The zero-order chi connectivity index (χ0) is 15.2. The number of nitrogens with one attached hydrogen (secondary N) is 3. The SMILES string of the molecule is CCNS(=O)(=O)CCNS(=O)(=O)c1cnc(NN)nc1. The van der Waals surface area contributed by atoms with Gasteiger partial charge in [0.15, 0.2) is 0 Å². The van der Waals surface area contributed by atoms with E-state index < -0.39 is 20.0 Å². The minimum atomic E-state index is -3.86. The fourth-order valence-corrected chi connectivity index (χ4v) is 3.22. The maximum Gasteiger partial charge on any atom is 0.243 e. The van der Waals surface area contributed by atoms with Crippen LogP contribution in [0.5, 0.6) is 0 Å². The quantitative estimate of drug-likeness (QED) is 0.315. The Hall–Kier alpha value is -1.34. The van der Waals surface area contributed by atoms with Gasteiger partial charge in [-0.25, -0.2) is 42.1 Å². The van der Waals surface area contributed by atoms with E-state index in [0.717, 1.165) is 12.4 Å². The van der Waals surface area contributed by atoms with Crippen LogP contribution in [-0.2, 0) is 20.0 Å². The third-order valence-corrected chi connectivity index (χ3v) is 4.98. The largest absolute Gasteiger partial charge is 0.292 e. The molecule has 0 atom stereocenters. The predicted molar refractivity (Wildman–Crippen MR) is 72.5 cm³/mol. The van der Waals surface area contributed by atoms with Gasteiger partial charge in [0.05, 0.1) is 18.1 Å². The lowest BCUT2D eigenvalue weighted by Gasteiger charge is -2.07. The summed E-state index contributed by atoms with van der Waals surface area (Å²) in [6.07, 6.45) is 2.12. The van der Waals surface area contributed by atoms with Gasteiger partial charge >= 0.3 is 0 Å². The number of nitrogens with two attached hydrogens (primary N) is 1. The second-order valence-corrected chi connectivity index (χ2v) is 7.29. The molecule has 0 aliphatic rings. The van der Waals surface area contributed by atoms with Gasteiger partial charge in [-0.2, -0.15) is 0 Å². The van der Waals surface area contributed by atoms with Crippen molar-refractivity contribution in [3.05, 3.63) is 12.4 Å². The van der Waals surface area contributed by atoms with Gasteiger partial charge in [-0.05, 0) is 0 Å². The van der Waals surface area contributed by atoms with Crippen LogP contribution in [0.25, 0.3) is 0 Å². The molecule has 1 aromatic heterocycles. The minimum absolute atomic E-state index is 0.0682. The van der Waals surface area contributed by atoms with Crippen molar-refractivity contribution in [2.75, 3.05) is 24.3 Å². The van der Waals surface area contributed by atoms with E-state index in [0.29, 0.717) is 0 Å². The molecule has 0 aliphatic carbocycles. The summed E-state index contributed by atoms with van der Waals surface area (Å²) in [4.78, 5) is 7.12. The number of anilines is 1. The number of hydrazine groups is 1. The molecule has 0 fully saturated rings. The van der Waals surface area contributed by atoms with Gasteiger partial charge in [0.1, 0.15) is 4.90 Å². The first-order valence-electron chi connectivity index (χ1n) is 5.56. The Balaban J connectivity index is 2.66. The molecule has 1 rings (SSSR count). The molecule has 0 bridgehead atoms. The van der Waals surface area contributed by atoms with E-state index in [1.165, 1.54) is 0 Å². The molecule has 0 aliphatic heterocycles. The monoisotopic (exact) mass is 324 g/mol. The Morgan fingerprint density at radius 1 is 1.15 bits per heavy atom. The highest BCUT2D eigenvalue weighted by atomic mass is 32.2. The molecule has 0 unspecified atom stereocenters. The van der Waals surface area contributed by atoms with Crippen LogP contribution in [0.3, 0.4) is 0 Å². The highest BCUT2D eigenvalue weighted by Gasteiger charge is 2.16. The van der Waals surface area contributed by atoms with Crippen LogP contribution >= 0.6 is 0 Å². The van der Waals surface area contributed by atoms with Crippen LogP contribution in [0, 0.1) is 0 Å². The Morgan fingerprint density at radius 3 is 2.25 bits per heavy atom. The number of aromatic nitrogens is 2. The molecule has 1 aromatic rings. The summed E-state index contributed by atoms with van der Waals surface area (Å²) >= 11 is 0. The van der Waals surface area contributed by atoms with Crippen LogP contribution < -0.4 is 20.7 Å². The van der Waals surface area contributed by atoms with Gasteiger partial charge in [0.2, 0.25) is 26.0 Å². The molecule has 10 nitrogen and oxygen atoms in total. The zero-order valence-electron chi connectivity index (χ0n) is 10.7. The zero-order valence-corrected chi connectivity index (χ0v) is 12.3. The fraction of sp³-hybridized carbons (Fsp3) is 0.500. The lowest BCUT2D eigenvalue weighted by Crippen LogP contribution is -2.34. The normalized spacial score (nSPS) is 12.3. The van der Waals surface area contributed by atoms with Crippen LogP contribution in [0.1, 0.15) is 6.92 Å². The first-order valence-corrected chi connectivity index (χ1v) is 8.70. The predicted octanol–water partition coefficient (Wildman–Crippen LogP) is -2.02. The Bertz CT molecular complexity index is 627. The summed E-state index contributed by atoms with van der Waals surface area (Å²) < 4.78 is 50.7. The van der Waals surface area contributed by atoms with Crippen molar-refractivity contribution in [3.63, 3.8) is 0 Å². The maximum absolute atomic E-state index is 11.8. The number of nitrogen functional groups attached to an aromatic ring is 1. The highest BCUT2D eigenvalue weighted by Crippen LogP contribution is 2.06. The molecule has 0 spiro atoms. The van der Waals surface area contributed by atoms with Crippen molar-refractivity contribution >= 4 is 26.0 Å². The first-order chi connectivity index (χ1) is 9.30. The van der Waals surface area contributed by atoms with Gasteiger partial charge in [-0.15, -0.1) is 0 Å². The van der Waals surface area contributed by atoms with Gasteiger partial charge in [0, 0.05) is 13.1 Å². The summed E-state index contributed by atoms with van der Waals surface area (Å²) in [6.45, 7) is 1.62. The van der Waals surface area contributed by atoms with E-state index in [2.05, 4.69) is 24.8 Å². The lowest BCUT2D eigenvalue weighted by atomic mass is 10.7. The molecule has 0 radical (unpaired) electrons. The molecular formula is C8H16N6O4S2. The Kier molecular flexibility index (Phi) is 5.76. The van der Waals surface area contributed by atoms with E-state index in [9.17, 15) is 16.8 Å². The topological polar surface area (TPSA) is 156 Å². The first kappa shape index (κ1) is 16.7. The summed E-state index contributed by atoms with van der Waals surface area (Å²) in [5.74, 6) is 4.76. The van der Waals surface area contributed by atoms with E-state index >= 15 is 0 Å². The van der Waals surface area contributed by atoms with Crippen molar-refractivity contribution in [1.82, 2.24) is 19.4 Å². The van der Waals surface area contributed by atoms with Crippen molar-refractivity contribution in [1.29, 1.82) is 0 Å². The van der Waals surface area contributed by atoms with E-state index in [1.54, 1.807) is 6.92 Å². The van der Waals surface area contributed by atoms with Crippen molar-refractivity contribution in [2.24, 2.45) is 5.84 Å². The summed E-state index contributed by atoms with van der Waals surface area (Å²) in [6, 6.07) is 0. The highest BCUT2D eigenvalue weighted by molar-refractivity contribution is 7.90. The number of nitrogens with zero attached hydrogens (tertiary/aromatic N) is 2.